The van der Waals surface area contributed by atoms with Crippen LogP contribution in [0, 0.1) is 0 Å². The summed E-state index contributed by atoms with van der Waals surface area (Å²) in [5.41, 5.74) is 0. The first kappa shape index (κ1) is 11.6. The third-order valence-electron chi connectivity index (χ3n) is 2.06. The second-order valence-corrected chi connectivity index (χ2v) is 4.45. The Labute approximate surface area is 90.3 Å². The quantitative estimate of drug-likeness (QED) is 0.698. The number of rotatable bonds is 7. The van der Waals surface area contributed by atoms with Crippen molar-refractivity contribution in [2.75, 3.05) is 18.6 Å². The van der Waals surface area contributed by atoms with Crippen LogP contribution in [0.1, 0.15) is 13.3 Å². The van der Waals surface area contributed by atoms with E-state index >= 15 is 0 Å². The summed E-state index contributed by atoms with van der Waals surface area (Å²) in [5, 5.41) is 3.49. The second-order valence-electron chi connectivity index (χ2n) is 3.46. The maximum Gasteiger partial charge on any atom is 0.0946 e. The molecule has 0 aliphatic rings. The first-order valence-electron chi connectivity index (χ1n) is 5.01. The summed E-state index contributed by atoms with van der Waals surface area (Å²) in [5.74, 6) is 1.24. The van der Waals surface area contributed by atoms with Crippen LogP contribution in [0.5, 0.6) is 0 Å². The molecule has 0 spiro atoms. The van der Waals surface area contributed by atoms with Gasteiger partial charge in [-0.3, -0.25) is 0 Å². The minimum atomic E-state index is 0.519. The highest BCUT2D eigenvalue weighted by Crippen LogP contribution is 1.95. The molecule has 1 atom stereocenters. The Morgan fingerprint density at radius 3 is 3.07 bits per heavy atom. The van der Waals surface area contributed by atoms with Gasteiger partial charge >= 0.3 is 0 Å². The highest BCUT2D eigenvalue weighted by Gasteiger charge is 2.00. The molecule has 1 aromatic rings. The van der Waals surface area contributed by atoms with Gasteiger partial charge in [-0.2, -0.15) is 11.8 Å². The SMILES string of the molecule is CSCCCNC(C)Cn1ccnc1. The van der Waals surface area contributed by atoms with E-state index < -0.39 is 0 Å². The number of nitrogens with one attached hydrogen (secondary N) is 1. The summed E-state index contributed by atoms with van der Waals surface area (Å²) in [6, 6.07) is 0.519. The number of nitrogens with zero attached hydrogens (tertiary/aromatic N) is 2. The summed E-state index contributed by atoms with van der Waals surface area (Å²) in [4.78, 5) is 4.02. The molecule has 0 aliphatic carbocycles. The average Bonchev–Trinajstić information content (AvgIpc) is 2.65. The maximum absolute atomic E-state index is 4.02. The molecule has 1 unspecified atom stereocenters. The van der Waals surface area contributed by atoms with Crippen molar-refractivity contribution in [1.29, 1.82) is 0 Å². The molecule has 3 nitrogen and oxygen atoms in total. The van der Waals surface area contributed by atoms with Crippen LogP contribution in [0.3, 0.4) is 0 Å². The molecular formula is C10H19N3S. The van der Waals surface area contributed by atoms with Crippen LogP contribution >= 0.6 is 11.8 Å². The first-order valence-corrected chi connectivity index (χ1v) is 6.40. The molecule has 0 radical (unpaired) electrons. The van der Waals surface area contributed by atoms with E-state index in [0.29, 0.717) is 6.04 Å². The van der Waals surface area contributed by atoms with Gasteiger partial charge in [0.1, 0.15) is 0 Å². The topological polar surface area (TPSA) is 29.9 Å². The van der Waals surface area contributed by atoms with Gasteiger partial charge in [0.2, 0.25) is 0 Å². The number of aromatic nitrogens is 2. The lowest BCUT2D eigenvalue weighted by atomic mass is 10.3. The lowest BCUT2D eigenvalue weighted by Gasteiger charge is -2.13. The Bertz CT molecular complexity index is 223. The molecule has 0 saturated heterocycles. The molecule has 0 saturated carbocycles. The number of thioether (sulfide) groups is 1. The molecule has 1 rings (SSSR count). The van der Waals surface area contributed by atoms with Crippen molar-refractivity contribution in [2.45, 2.75) is 25.9 Å². The molecule has 14 heavy (non-hydrogen) atoms. The standard InChI is InChI=1S/C10H19N3S/c1-10(12-4-3-7-14-2)8-13-6-5-11-9-13/h5-6,9-10,12H,3-4,7-8H2,1-2H3. The van der Waals surface area contributed by atoms with Crippen LogP contribution in [0.4, 0.5) is 0 Å². The lowest BCUT2D eigenvalue weighted by Crippen LogP contribution is -2.31. The largest absolute Gasteiger partial charge is 0.336 e. The van der Waals surface area contributed by atoms with Gasteiger partial charge in [-0.1, -0.05) is 0 Å². The lowest BCUT2D eigenvalue weighted by molar-refractivity contribution is 0.478. The maximum atomic E-state index is 4.02. The zero-order valence-corrected chi connectivity index (χ0v) is 9.76. The van der Waals surface area contributed by atoms with Crippen molar-refractivity contribution in [1.82, 2.24) is 14.9 Å². The average molecular weight is 213 g/mol. The van der Waals surface area contributed by atoms with Crippen molar-refractivity contribution in [3.63, 3.8) is 0 Å². The molecule has 0 aliphatic heterocycles. The van der Waals surface area contributed by atoms with Crippen LogP contribution in [0.15, 0.2) is 18.7 Å². The summed E-state index contributed by atoms with van der Waals surface area (Å²) >= 11 is 1.90. The van der Waals surface area contributed by atoms with Gasteiger partial charge in [0, 0.05) is 25.0 Å². The zero-order valence-electron chi connectivity index (χ0n) is 8.94. The van der Waals surface area contributed by atoms with E-state index in [0.717, 1.165) is 13.1 Å². The Hall–Kier alpha value is -0.480. The first-order chi connectivity index (χ1) is 6.83. The Balaban J connectivity index is 2.07. The van der Waals surface area contributed by atoms with Crippen molar-refractivity contribution < 1.29 is 0 Å². The summed E-state index contributed by atoms with van der Waals surface area (Å²) in [7, 11) is 0. The minimum absolute atomic E-state index is 0.519. The van der Waals surface area contributed by atoms with Crippen LogP contribution in [0.25, 0.3) is 0 Å². The fourth-order valence-corrected chi connectivity index (χ4v) is 1.77. The summed E-state index contributed by atoms with van der Waals surface area (Å²) in [6.45, 7) is 4.31. The highest BCUT2D eigenvalue weighted by atomic mass is 32.2. The van der Waals surface area contributed by atoms with E-state index in [-0.39, 0.29) is 0 Å². The van der Waals surface area contributed by atoms with Crippen LogP contribution in [-0.4, -0.2) is 34.1 Å². The number of hydrogen-bond donors (Lipinski definition) is 1. The molecule has 0 aromatic carbocycles. The zero-order chi connectivity index (χ0) is 10.2. The van der Waals surface area contributed by atoms with Gasteiger partial charge in [0.25, 0.3) is 0 Å². The molecule has 1 aromatic heterocycles. The fraction of sp³-hybridized carbons (Fsp3) is 0.700. The third-order valence-corrected chi connectivity index (χ3v) is 2.76. The van der Waals surface area contributed by atoms with E-state index in [1.165, 1.54) is 12.2 Å². The number of hydrogen-bond acceptors (Lipinski definition) is 3. The van der Waals surface area contributed by atoms with Gasteiger partial charge in [-0.05, 0) is 31.9 Å². The van der Waals surface area contributed by atoms with Gasteiger partial charge in [-0.15, -0.1) is 0 Å². The van der Waals surface area contributed by atoms with Crippen molar-refractivity contribution >= 4 is 11.8 Å². The molecule has 1 heterocycles. The molecule has 1 N–H and O–H groups in total. The Morgan fingerprint density at radius 2 is 2.43 bits per heavy atom. The van der Waals surface area contributed by atoms with Crippen LogP contribution in [0.2, 0.25) is 0 Å². The molecule has 0 amide bonds. The van der Waals surface area contributed by atoms with E-state index in [4.69, 9.17) is 0 Å². The normalized spacial score (nSPS) is 13.0. The molecule has 80 valence electrons. The van der Waals surface area contributed by atoms with Crippen LogP contribution in [-0.2, 0) is 6.54 Å². The predicted octanol–water partition coefficient (Wildman–Crippen LogP) is 1.61. The molecule has 0 fully saturated rings. The monoisotopic (exact) mass is 213 g/mol. The second kappa shape index (κ2) is 6.90. The van der Waals surface area contributed by atoms with Gasteiger partial charge in [0.15, 0.2) is 0 Å². The predicted molar refractivity (Wildman–Crippen MR) is 62.7 cm³/mol. The molecule has 0 bridgehead atoms. The van der Waals surface area contributed by atoms with Crippen LogP contribution < -0.4 is 5.32 Å². The van der Waals surface area contributed by atoms with E-state index in [2.05, 4.69) is 28.0 Å². The van der Waals surface area contributed by atoms with Gasteiger partial charge < -0.3 is 9.88 Å². The number of imidazole rings is 1. The smallest absolute Gasteiger partial charge is 0.0946 e. The Morgan fingerprint density at radius 1 is 1.57 bits per heavy atom. The van der Waals surface area contributed by atoms with Gasteiger partial charge in [0.05, 0.1) is 6.33 Å². The third kappa shape index (κ3) is 4.67. The van der Waals surface area contributed by atoms with Crippen molar-refractivity contribution in [2.24, 2.45) is 0 Å². The summed E-state index contributed by atoms with van der Waals surface area (Å²) in [6.07, 6.45) is 9.07. The Kier molecular flexibility index (Phi) is 5.71. The fourth-order valence-electron chi connectivity index (χ4n) is 1.34. The van der Waals surface area contributed by atoms with E-state index in [1.54, 1.807) is 0 Å². The summed E-state index contributed by atoms with van der Waals surface area (Å²) < 4.78 is 2.10. The molecular weight excluding hydrogens is 194 g/mol. The van der Waals surface area contributed by atoms with E-state index in [9.17, 15) is 0 Å². The minimum Gasteiger partial charge on any atom is -0.336 e. The van der Waals surface area contributed by atoms with Crippen molar-refractivity contribution in [3.05, 3.63) is 18.7 Å². The highest BCUT2D eigenvalue weighted by molar-refractivity contribution is 7.98. The molecule has 4 heteroatoms. The van der Waals surface area contributed by atoms with E-state index in [1.807, 2.05) is 30.5 Å². The van der Waals surface area contributed by atoms with Gasteiger partial charge in [-0.25, -0.2) is 4.98 Å². The van der Waals surface area contributed by atoms with Crippen molar-refractivity contribution in [3.8, 4) is 0 Å².